The number of carbonyl (C=O) groups is 3. The van der Waals surface area contributed by atoms with Crippen molar-refractivity contribution < 1.29 is 38.1 Å². The van der Waals surface area contributed by atoms with E-state index in [1.807, 2.05) is 6.07 Å². The molecule has 1 radical (unpaired) electrons. The minimum absolute atomic E-state index is 0.134. The van der Waals surface area contributed by atoms with Crippen molar-refractivity contribution >= 4 is 18.0 Å². The van der Waals surface area contributed by atoms with Crippen molar-refractivity contribution in [2.24, 2.45) is 0 Å². The fourth-order valence-corrected chi connectivity index (χ4v) is 8.68. The average molecular weight is 928 g/mol. The number of nitrogens with one attached hydrogen (secondary N) is 1. The van der Waals surface area contributed by atoms with E-state index in [0.717, 1.165) is 107 Å². The lowest BCUT2D eigenvalue weighted by atomic mass is 10.0. The van der Waals surface area contributed by atoms with Gasteiger partial charge in [-0.05, 0) is 100 Å². The van der Waals surface area contributed by atoms with Gasteiger partial charge in [-0.2, -0.15) is 0 Å². The van der Waals surface area contributed by atoms with Crippen LogP contribution in [0.2, 0.25) is 0 Å². The molecule has 10 heteroatoms. The van der Waals surface area contributed by atoms with Crippen LogP contribution in [0.1, 0.15) is 243 Å². The third-order valence-electron chi connectivity index (χ3n) is 12.8. The summed E-state index contributed by atoms with van der Waals surface area (Å²) in [5.41, 5.74) is 2.94. The van der Waals surface area contributed by atoms with Gasteiger partial charge in [-0.15, -0.1) is 0 Å². The summed E-state index contributed by atoms with van der Waals surface area (Å²) in [6.07, 6.45) is 34.9. The number of hydrogen-bond donors (Lipinski definition) is 1. The number of esters is 2. The molecular formula is C56H99N2O8. The van der Waals surface area contributed by atoms with Crippen LogP contribution < -0.4 is 5.32 Å². The summed E-state index contributed by atoms with van der Waals surface area (Å²) in [5.74, 6) is -0.581. The second-order valence-electron chi connectivity index (χ2n) is 19.0. The van der Waals surface area contributed by atoms with E-state index in [9.17, 15) is 14.4 Å². The monoisotopic (exact) mass is 928 g/mol. The van der Waals surface area contributed by atoms with Gasteiger partial charge in [0.25, 0.3) is 0 Å². The molecule has 1 unspecified atom stereocenters. The number of ether oxygens (including phenoxy) is 5. The molecular weight excluding hydrogens is 829 g/mol. The fourth-order valence-electron chi connectivity index (χ4n) is 8.68. The molecule has 66 heavy (non-hydrogen) atoms. The van der Waals surface area contributed by atoms with Crippen LogP contribution in [0.3, 0.4) is 0 Å². The van der Waals surface area contributed by atoms with Crippen molar-refractivity contribution in [3.63, 3.8) is 0 Å². The summed E-state index contributed by atoms with van der Waals surface area (Å²) in [4.78, 5) is 41.4. The van der Waals surface area contributed by atoms with Crippen molar-refractivity contribution in [2.75, 3.05) is 39.4 Å². The Labute approximate surface area is 404 Å². The number of alkyl carbamates (subject to hydrolysis) is 1. The van der Waals surface area contributed by atoms with Crippen LogP contribution in [0.5, 0.6) is 0 Å². The molecule has 1 atom stereocenters. The smallest absolute Gasteiger partial charge is 0.407 e. The van der Waals surface area contributed by atoms with Crippen molar-refractivity contribution in [1.29, 1.82) is 0 Å². The molecule has 1 N–H and O–H groups in total. The van der Waals surface area contributed by atoms with E-state index in [-0.39, 0.29) is 44.1 Å². The number of rotatable bonds is 45. The SMILES string of the molecule is C[CH]CCCCCCCCCc1cc(COC(=O)CCC(CCCCCC)OC(=O)NCCN2CCCC2)cc(COC(=O)CCC(OCCCCCCCC)OCCCCCCCC)c1. The van der Waals surface area contributed by atoms with Gasteiger partial charge in [0, 0.05) is 39.1 Å². The van der Waals surface area contributed by atoms with Gasteiger partial charge in [0.2, 0.25) is 0 Å². The van der Waals surface area contributed by atoms with Crippen molar-refractivity contribution in [2.45, 2.75) is 259 Å². The lowest BCUT2D eigenvalue weighted by Crippen LogP contribution is -2.35. The molecule has 1 aliphatic heterocycles. The molecule has 10 nitrogen and oxygen atoms in total. The molecule has 2 rings (SSSR count). The maximum atomic E-state index is 13.2. The van der Waals surface area contributed by atoms with Crippen LogP contribution in [-0.2, 0) is 52.9 Å². The van der Waals surface area contributed by atoms with E-state index >= 15 is 0 Å². The summed E-state index contributed by atoms with van der Waals surface area (Å²) >= 11 is 0. The Morgan fingerprint density at radius 3 is 1.64 bits per heavy atom. The number of unbranched alkanes of at least 4 members (excludes halogenated alkanes) is 21. The van der Waals surface area contributed by atoms with Crippen LogP contribution in [0.4, 0.5) is 4.79 Å². The highest BCUT2D eigenvalue weighted by molar-refractivity contribution is 5.70. The molecule has 1 aliphatic rings. The summed E-state index contributed by atoms with van der Waals surface area (Å²) < 4.78 is 29.9. The van der Waals surface area contributed by atoms with E-state index in [2.05, 4.69) is 56.5 Å². The standard InChI is InChI=1S/C56H99N2O8/c1-5-9-13-17-20-21-22-23-26-32-49-44-50(47-64-53(59)35-34-52(33-27-16-12-8-4)66-56(61)57-38-41-58-39-28-29-40-58)46-51(45-49)48-65-54(60)36-37-55(62-42-30-24-18-14-10-6-2)63-43-31-25-19-15-11-7-3/h5,44-46,52,55H,6-43,47-48H2,1-4H3,(H,57,61). The maximum Gasteiger partial charge on any atom is 0.407 e. The van der Waals surface area contributed by atoms with Gasteiger partial charge in [0.05, 0.1) is 6.42 Å². The molecule has 0 aliphatic carbocycles. The Bertz CT molecular complexity index is 1300. The second kappa shape index (κ2) is 42.4. The third kappa shape index (κ3) is 33.7. The number of nitrogens with zero attached hydrogens (tertiary/aromatic N) is 1. The molecule has 1 aromatic carbocycles. The van der Waals surface area contributed by atoms with Crippen LogP contribution in [0.15, 0.2) is 18.2 Å². The van der Waals surface area contributed by atoms with Gasteiger partial charge < -0.3 is 33.9 Å². The number of hydrogen-bond acceptors (Lipinski definition) is 9. The third-order valence-corrected chi connectivity index (χ3v) is 12.8. The Morgan fingerprint density at radius 2 is 1.08 bits per heavy atom. The van der Waals surface area contributed by atoms with Crippen molar-refractivity contribution in [3.8, 4) is 0 Å². The Kier molecular flexibility index (Phi) is 38.2. The molecule has 1 amide bonds. The van der Waals surface area contributed by atoms with Crippen molar-refractivity contribution in [3.05, 3.63) is 41.3 Å². The highest BCUT2D eigenvalue weighted by Gasteiger charge is 2.19. The first-order valence-corrected chi connectivity index (χ1v) is 27.5. The molecule has 0 bridgehead atoms. The van der Waals surface area contributed by atoms with Gasteiger partial charge in [-0.25, -0.2) is 4.79 Å². The molecule has 0 saturated carbocycles. The Hall–Kier alpha value is -2.69. The molecule has 0 spiro atoms. The van der Waals surface area contributed by atoms with Gasteiger partial charge in [-0.1, -0.05) is 168 Å². The zero-order valence-corrected chi connectivity index (χ0v) is 43.0. The minimum atomic E-state index is -0.410. The topological polar surface area (TPSA) is 113 Å². The highest BCUT2D eigenvalue weighted by atomic mass is 16.7. The van der Waals surface area contributed by atoms with Crippen LogP contribution in [0, 0.1) is 6.42 Å². The second-order valence-corrected chi connectivity index (χ2v) is 19.0. The first-order chi connectivity index (χ1) is 32.4. The summed E-state index contributed by atoms with van der Waals surface area (Å²) in [5, 5.41) is 2.92. The quantitative estimate of drug-likeness (QED) is 0.0296. The average Bonchev–Trinajstić information content (AvgIpc) is 3.84. The van der Waals surface area contributed by atoms with E-state index in [0.29, 0.717) is 32.6 Å². The fraction of sp³-hybridized carbons (Fsp3) is 0.821. The predicted molar refractivity (Wildman–Crippen MR) is 270 cm³/mol. The predicted octanol–water partition coefficient (Wildman–Crippen LogP) is 14.5. The van der Waals surface area contributed by atoms with Gasteiger partial charge in [0.15, 0.2) is 6.29 Å². The maximum absolute atomic E-state index is 13.2. The van der Waals surface area contributed by atoms with Gasteiger partial charge in [-0.3, -0.25) is 9.59 Å². The summed E-state index contributed by atoms with van der Waals surface area (Å²) in [7, 11) is 0. The first-order valence-electron chi connectivity index (χ1n) is 27.5. The van der Waals surface area contributed by atoms with E-state index < -0.39 is 12.4 Å². The Morgan fingerprint density at radius 1 is 0.591 bits per heavy atom. The van der Waals surface area contributed by atoms with E-state index in [4.69, 9.17) is 23.7 Å². The number of likely N-dealkylation sites (tertiary alicyclic amines) is 1. The summed E-state index contributed by atoms with van der Waals surface area (Å²) in [6.45, 7) is 13.9. The molecule has 1 heterocycles. The molecule has 0 aromatic heterocycles. The highest BCUT2D eigenvalue weighted by Crippen LogP contribution is 2.20. The van der Waals surface area contributed by atoms with Crippen molar-refractivity contribution in [1.82, 2.24) is 10.2 Å². The largest absolute Gasteiger partial charge is 0.461 e. The summed E-state index contributed by atoms with van der Waals surface area (Å²) in [6, 6.07) is 6.24. The van der Waals surface area contributed by atoms with E-state index in [1.54, 1.807) is 0 Å². The van der Waals surface area contributed by atoms with Gasteiger partial charge >= 0.3 is 18.0 Å². The van der Waals surface area contributed by atoms with Gasteiger partial charge in [0.1, 0.15) is 19.3 Å². The Balaban J connectivity index is 1.97. The minimum Gasteiger partial charge on any atom is -0.461 e. The number of aryl methyl sites for hydroxylation is 1. The van der Waals surface area contributed by atoms with E-state index in [1.165, 1.54) is 109 Å². The zero-order valence-electron chi connectivity index (χ0n) is 43.0. The molecule has 1 fully saturated rings. The normalized spacial score (nSPS) is 13.3. The molecule has 381 valence electrons. The number of benzene rings is 1. The molecule has 1 aromatic rings. The molecule has 1 saturated heterocycles. The lowest BCUT2D eigenvalue weighted by molar-refractivity contribution is -0.160. The number of carbonyl (C=O) groups excluding carboxylic acids is 3. The lowest BCUT2D eigenvalue weighted by Gasteiger charge is -2.19. The first kappa shape index (κ1) is 59.4. The van der Waals surface area contributed by atoms with Crippen LogP contribution in [0.25, 0.3) is 0 Å². The van der Waals surface area contributed by atoms with Crippen LogP contribution in [-0.4, -0.2) is 74.7 Å². The van der Waals surface area contributed by atoms with Crippen LogP contribution >= 0.6 is 0 Å². The zero-order chi connectivity index (χ0) is 47.6. The number of amides is 1.